The first-order chi connectivity index (χ1) is 9.90. The lowest BCUT2D eigenvalue weighted by Crippen LogP contribution is -2.25. The van der Waals surface area contributed by atoms with Crippen LogP contribution in [0.2, 0.25) is 5.02 Å². The summed E-state index contributed by atoms with van der Waals surface area (Å²) in [5.74, 6) is 0.695. The zero-order valence-electron chi connectivity index (χ0n) is 12.2. The van der Waals surface area contributed by atoms with E-state index in [-0.39, 0.29) is 0 Å². The highest BCUT2D eigenvalue weighted by atomic mass is 35.5. The normalized spacial score (nSPS) is 10.5. The number of benzene rings is 1. The summed E-state index contributed by atoms with van der Waals surface area (Å²) < 4.78 is 0. The minimum atomic E-state index is 0.337. The molecule has 0 aliphatic rings. The Morgan fingerprint density at radius 3 is 2.43 bits per heavy atom. The number of nitrogens with zero attached hydrogens (tertiary/aromatic N) is 3. The van der Waals surface area contributed by atoms with Gasteiger partial charge in [-0.3, -0.25) is 0 Å². The van der Waals surface area contributed by atoms with Crippen LogP contribution in [0.5, 0.6) is 0 Å². The Hall–Kier alpha value is -1.72. The first-order valence-corrected chi connectivity index (χ1v) is 7.28. The fourth-order valence-corrected chi connectivity index (χ4v) is 2.47. The van der Waals surface area contributed by atoms with Crippen molar-refractivity contribution >= 4 is 34.6 Å². The smallest absolute Gasteiger partial charge is 0.161 e. The third-order valence-electron chi connectivity index (χ3n) is 3.38. The Bertz CT molecular complexity index is 670. The maximum absolute atomic E-state index is 5.90. The first-order valence-electron chi connectivity index (χ1n) is 6.49. The van der Waals surface area contributed by atoms with Gasteiger partial charge in [0.05, 0.1) is 11.3 Å². The van der Waals surface area contributed by atoms with Gasteiger partial charge in [-0.1, -0.05) is 36.0 Å². The molecule has 0 radical (unpaired) electrons. The summed E-state index contributed by atoms with van der Waals surface area (Å²) in [6.45, 7) is 4.52. The third kappa shape index (κ3) is 3.49. The number of hydrogen-bond acceptors (Lipinski definition) is 4. The van der Waals surface area contributed by atoms with Crippen molar-refractivity contribution < 1.29 is 0 Å². The highest BCUT2D eigenvalue weighted by Crippen LogP contribution is 2.23. The lowest BCUT2D eigenvalue weighted by Gasteiger charge is -2.22. The number of anilines is 1. The van der Waals surface area contributed by atoms with Crippen LogP contribution >= 0.6 is 23.8 Å². The Morgan fingerprint density at radius 1 is 1.24 bits per heavy atom. The first kappa shape index (κ1) is 15.7. The standard InChI is InChI=1S/C15H17ClN4S/c1-9-10(2)18-19-15(13(9)14(17)21)20(3)8-11-4-6-12(16)7-5-11/h4-7H,8H2,1-3H3,(H2,17,21). The Balaban J connectivity index is 2.35. The highest BCUT2D eigenvalue weighted by molar-refractivity contribution is 7.80. The number of hydrogen-bond donors (Lipinski definition) is 1. The van der Waals surface area contributed by atoms with E-state index < -0.39 is 0 Å². The predicted molar refractivity (Wildman–Crippen MR) is 91.0 cm³/mol. The third-order valence-corrected chi connectivity index (χ3v) is 3.83. The number of aryl methyl sites for hydroxylation is 1. The lowest BCUT2D eigenvalue weighted by molar-refractivity contribution is 0.848. The molecular formula is C15H17ClN4S. The average molecular weight is 321 g/mol. The number of nitrogens with two attached hydrogens (primary N) is 1. The molecule has 110 valence electrons. The summed E-state index contributed by atoms with van der Waals surface area (Å²) in [5.41, 5.74) is 9.56. The molecule has 21 heavy (non-hydrogen) atoms. The molecule has 0 aliphatic carbocycles. The van der Waals surface area contributed by atoms with Gasteiger partial charge in [0, 0.05) is 18.6 Å². The summed E-state index contributed by atoms with van der Waals surface area (Å²) in [6, 6.07) is 7.69. The van der Waals surface area contributed by atoms with E-state index in [9.17, 15) is 0 Å². The number of halogens is 1. The van der Waals surface area contributed by atoms with Gasteiger partial charge in [0.1, 0.15) is 4.99 Å². The molecule has 0 atom stereocenters. The van der Waals surface area contributed by atoms with Crippen LogP contribution in [0, 0.1) is 13.8 Å². The molecule has 1 heterocycles. The van der Waals surface area contributed by atoms with E-state index in [0.717, 1.165) is 27.4 Å². The molecule has 1 aromatic carbocycles. The van der Waals surface area contributed by atoms with Gasteiger partial charge in [0.2, 0.25) is 0 Å². The monoisotopic (exact) mass is 320 g/mol. The molecule has 0 spiro atoms. The Morgan fingerprint density at radius 2 is 1.86 bits per heavy atom. The van der Waals surface area contributed by atoms with Crippen molar-refractivity contribution in [3.05, 3.63) is 51.7 Å². The van der Waals surface area contributed by atoms with Gasteiger partial charge in [0.15, 0.2) is 5.82 Å². The molecule has 2 aromatic rings. The molecule has 0 amide bonds. The predicted octanol–water partition coefficient (Wildman–Crippen LogP) is 3.02. The summed E-state index contributed by atoms with van der Waals surface area (Å²) in [7, 11) is 1.94. The average Bonchev–Trinajstić information content (AvgIpc) is 2.43. The number of aromatic nitrogens is 2. The Labute approximate surface area is 134 Å². The molecule has 0 aliphatic heterocycles. The van der Waals surface area contributed by atoms with E-state index in [2.05, 4.69) is 10.2 Å². The number of rotatable bonds is 4. The van der Waals surface area contributed by atoms with Crippen LogP contribution in [0.4, 0.5) is 5.82 Å². The summed E-state index contributed by atoms with van der Waals surface area (Å²) in [6.07, 6.45) is 0. The van der Waals surface area contributed by atoms with Gasteiger partial charge in [0.25, 0.3) is 0 Å². The van der Waals surface area contributed by atoms with Crippen LogP contribution in [0.3, 0.4) is 0 Å². The van der Waals surface area contributed by atoms with E-state index in [1.807, 2.05) is 50.1 Å². The van der Waals surface area contributed by atoms with E-state index in [4.69, 9.17) is 29.6 Å². The maximum atomic E-state index is 5.90. The van der Waals surface area contributed by atoms with Crippen molar-refractivity contribution in [3.63, 3.8) is 0 Å². The molecular weight excluding hydrogens is 304 g/mol. The molecule has 0 saturated carbocycles. The van der Waals surface area contributed by atoms with Gasteiger partial charge in [-0.2, -0.15) is 5.10 Å². The van der Waals surface area contributed by atoms with Crippen molar-refractivity contribution in [3.8, 4) is 0 Å². The zero-order valence-corrected chi connectivity index (χ0v) is 13.8. The molecule has 0 unspecified atom stereocenters. The lowest BCUT2D eigenvalue weighted by atomic mass is 10.1. The molecule has 2 rings (SSSR count). The topological polar surface area (TPSA) is 55.0 Å². The van der Waals surface area contributed by atoms with Crippen LogP contribution in [-0.4, -0.2) is 22.2 Å². The molecule has 4 nitrogen and oxygen atoms in total. The summed E-state index contributed by atoms with van der Waals surface area (Å²) in [5, 5.41) is 9.15. The number of thiocarbonyl (C=S) groups is 1. The van der Waals surface area contributed by atoms with E-state index in [1.54, 1.807) is 0 Å². The minimum Gasteiger partial charge on any atom is -0.389 e. The molecule has 0 fully saturated rings. The van der Waals surface area contributed by atoms with Crippen LogP contribution < -0.4 is 10.6 Å². The summed E-state index contributed by atoms with van der Waals surface area (Å²) >= 11 is 11.1. The van der Waals surface area contributed by atoms with Gasteiger partial charge < -0.3 is 10.6 Å². The van der Waals surface area contributed by atoms with E-state index in [0.29, 0.717) is 17.4 Å². The fraction of sp³-hybridized carbons (Fsp3) is 0.267. The van der Waals surface area contributed by atoms with Crippen molar-refractivity contribution in [2.45, 2.75) is 20.4 Å². The van der Waals surface area contributed by atoms with Crippen LogP contribution in [-0.2, 0) is 6.54 Å². The second-order valence-corrected chi connectivity index (χ2v) is 5.83. The minimum absolute atomic E-state index is 0.337. The van der Waals surface area contributed by atoms with Crippen LogP contribution in [0.15, 0.2) is 24.3 Å². The SMILES string of the molecule is Cc1nnc(N(C)Cc2ccc(Cl)cc2)c(C(N)=S)c1C. The fourth-order valence-electron chi connectivity index (χ4n) is 2.10. The summed E-state index contributed by atoms with van der Waals surface area (Å²) in [4.78, 5) is 2.32. The zero-order chi connectivity index (χ0) is 15.6. The second-order valence-electron chi connectivity index (χ2n) is 4.96. The highest BCUT2D eigenvalue weighted by Gasteiger charge is 2.17. The van der Waals surface area contributed by atoms with Crippen molar-refractivity contribution in [2.75, 3.05) is 11.9 Å². The molecule has 6 heteroatoms. The van der Waals surface area contributed by atoms with Gasteiger partial charge in [-0.15, -0.1) is 5.10 Å². The van der Waals surface area contributed by atoms with E-state index in [1.165, 1.54) is 0 Å². The van der Waals surface area contributed by atoms with Gasteiger partial charge in [-0.05, 0) is 37.1 Å². The Kier molecular flexibility index (Phi) is 4.75. The molecule has 1 aromatic heterocycles. The quantitative estimate of drug-likeness (QED) is 0.878. The van der Waals surface area contributed by atoms with Crippen molar-refractivity contribution in [2.24, 2.45) is 5.73 Å². The van der Waals surface area contributed by atoms with Crippen LogP contribution in [0.1, 0.15) is 22.4 Å². The van der Waals surface area contributed by atoms with Crippen molar-refractivity contribution in [1.29, 1.82) is 0 Å². The molecule has 0 saturated heterocycles. The van der Waals surface area contributed by atoms with Crippen molar-refractivity contribution in [1.82, 2.24) is 10.2 Å². The largest absolute Gasteiger partial charge is 0.389 e. The van der Waals surface area contributed by atoms with E-state index >= 15 is 0 Å². The molecule has 0 bridgehead atoms. The molecule has 2 N–H and O–H groups in total. The van der Waals surface area contributed by atoms with Gasteiger partial charge >= 0.3 is 0 Å². The second kappa shape index (κ2) is 6.37. The van der Waals surface area contributed by atoms with Crippen LogP contribution in [0.25, 0.3) is 0 Å². The maximum Gasteiger partial charge on any atom is 0.161 e. The van der Waals surface area contributed by atoms with Gasteiger partial charge in [-0.25, -0.2) is 0 Å².